The van der Waals surface area contributed by atoms with Gasteiger partial charge in [0.15, 0.2) is 17.1 Å². The van der Waals surface area contributed by atoms with E-state index in [1.165, 1.54) is 14.4 Å². The second kappa shape index (κ2) is 9.31. The zero-order valence-electron chi connectivity index (χ0n) is 23.1. The van der Waals surface area contributed by atoms with Gasteiger partial charge < -0.3 is 4.57 Å². The molecule has 2 atom stereocenters. The summed E-state index contributed by atoms with van der Waals surface area (Å²) in [5.74, 6) is 0.148. The molecule has 6 heterocycles. The number of hydrogen-bond acceptors (Lipinski definition) is 9. The standard InChI is InChI=1S/C26H30N10O4/c1-13(11-33-19(37)6-7-20(33)38)23-27-25-17(15(3)28-35(25)30-23)10-18-16(4)29-36-26(18)32(5)24(31-36)14(2)12-34-21(39)8-9-22(34)40/h10,13-14H,6-9,11-12H2,1-5H3/b17-10-. The summed E-state index contributed by atoms with van der Waals surface area (Å²) in [4.78, 5) is 55.7. The monoisotopic (exact) mass is 546 g/mol. The summed E-state index contributed by atoms with van der Waals surface area (Å²) < 4.78 is 4.99. The minimum absolute atomic E-state index is 0.149. The molecule has 2 aliphatic heterocycles. The average Bonchev–Trinajstić information content (AvgIpc) is 3.72. The van der Waals surface area contributed by atoms with Crippen LogP contribution in [0, 0.1) is 13.8 Å². The van der Waals surface area contributed by atoms with Crippen molar-refractivity contribution in [3.63, 3.8) is 0 Å². The first kappa shape index (κ1) is 25.8. The van der Waals surface area contributed by atoms with Crippen molar-refractivity contribution >= 4 is 41.0 Å². The molecule has 14 heteroatoms. The average molecular weight is 547 g/mol. The van der Waals surface area contributed by atoms with Crippen molar-refractivity contribution in [2.75, 3.05) is 13.1 Å². The van der Waals surface area contributed by atoms with Gasteiger partial charge in [-0.2, -0.15) is 10.2 Å². The molecule has 14 nitrogen and oxygen atoms in total. The minimum Gasteiger partial charge on any atom is -0.314 e. The topological polar surface area (TPSA) is 153 Å². The highest BCUT2D eigenvalue weighted by atomic mass is 16.2. The predicted molar refractivity (Wildman–Crippen MR) is 140 cm³/mol. The number of carbonyl (C=O) groups is 4. The molecule has 2 saturated heterocycles. The number of likely N-dealkylation sites (tertiary alicyclic amines) is 2. The molecule has 0 saturated carbocycles. The Morgan fingerprint density at radius 1 is 0.750 bits per heavy atom. The van der Waals surface area contributed by atoms with Crippen LogP contribution < -0.4 is 5.22 Å². The number of rotatable bonds is 7. The third-order valence-corrected chi connectivity index (χ3v) is 7.80. The summed E-state index contributed by atoms with van der Waals surface area (Å²) in [6.07, 6.45) is 2.98. The van der Waals surface area contributed by atoms with Crippen LogP contribution in [0.1, 0.15) is 80.0 Å². The Bertz CT molecular complexity index is 1750. The van der Waals surface area contributed by atoms with Crippen LogP contribution in [-0.2, 0) is 26.2 Å². The van der Waals surface area contributed by atoms with Crippen molar-refractivity contribution in [1.82, 2.24) is 49.0 Å². The number of carbonyl (C=O) groups excluding carboxylic acids is 4. The molecule has 208 valence electrons. The maximum atomic E-state index is 12.1. The van der Waals surface area contributed by atoms with Gasteiger partial charge in [0.05, 0.1) is 11.4 Å². The lowest BCUT2D eigenvalue weighted by Crippen LogP contribution is -2.33. The summed E-state index contributed by atoms with van der Waals surface area (Å²) in [7, 11) is 1.89. The van der Waals surface area contributed by atoms with E-state index in [9.17, 15) is 19.2 Å². The normalized spacial score (nSPS) is 18.5. The number of aromatic nitrogens is 8. The van der Waals surface area contributed by atoms with Crippen LogP contribution in [0.5, 0.6) is 0 Å². The molecule has 4 aromatic rings. The highest BCUT2D eigenvalue weighted by Gasteiger charge is 2.33. The van der Waals surface area contributed by atoms with Gasteiger partial charge in [-0.25, -0.2) is 4.98 Å². The highest BCUT2D eigenvalue weighted by molar-refractivity contribution is 6.02. The lowest BCUT2D eigenvalue weighted by Gasteiger charge is -2.18. The fourth-order valence-electron chi connectivity index (χ4n) is 5.57. The molecule has 0 aromatic carbocycles. The first-order valence-electron chi connectivity index (χ1n) is 13.4. The van der Waals surface area contributed by atoms with Gasteiger partial charge in [-0.3, -0.25) is 29.0 Å². The largest absolute Gasteiger partial charge is 0.314 e. The number of aryl methyl sites for hydroxylation is 3. The van der Waals surface area contributed by atoms with Crippen molar-refractivity contribution in [3.05, 3.63) is 33.8 Å². The predicted octanol–water partition coefficient (Wildman–Crippen LogP) is 0.175. The van der Waals surface area contributed by atoms with E-state index in [4.69, 9.17) is 4.98 Å². The Labute approximate surface area is 228 Å². The fourth-order valence-corrected chi connectivity index (χ4v) is 5.57. The zero-order chi connectivity index (χ0) is 28.5. The molecule has 0 radical (unpaired) electrons. The number of nitrogens with zero attached hydrogens (tertiary/aromatic N) is 10. The SMILES string of the molecule is Cc1nn2nc(C(C)CN3C(=O)CCC3=O)n(C)c2c1/C=c1/c(C)nn2nc(C(C)CN3C(=O)CCC3=O)nc12. The maximum absolute atomic E-state index is 12.1. The smallest absolute Gasteiger partial charge is 0.229 e. The Kier molecular flexibility index (Phi) is 6.00. The van der Waals surface area contributed by atoms with Gasteiger partial charge in [0.25, 0.3) is 0 Å². The first-order chi connectivity index (χ1) is 19.0. The molecule has 0 bridgehead atoms. The number of imide groups is 2. The Hall–Kier alpha value is -4.49. The van der Waals surface area contributed by atoms with E-state index in [0.29, 0.717) is 17.3 Å². The van der Waals surface area contributed by atoms with Crippen LogP contribution >= 0.6 is 0 Å². The summed E-state index contributed by atoms with van der Waals surface area (Å²) >= 11 is 0. The molecule has 0 N–H and O–H groups in total. The van der Waals surface area contributed by atoms with Gasteiger partial charge >= 0.3 is 0 Å². The molecule has 2 fully saturated rings. The van der Waals surface area contributed by atoms with Crippen LogP contribution in [0.4, 0.5) is 0 Å². The van der Waals surface area contributed by atoms with Crippen molar-refractivity contribution in [2.24, 2.45) is 7.05 Å². The van der Waals surface area contributed by atoms with Crippen LogP contribution in [0.2, 0.25) is 0 Å². The third-order valence-electron chi connectivity index (χ3n) is 7.80. The zero-order valence-corrected chi connectivity index (χ0v) is 23.1. The van der Waals surface area contributed by atoms with Crippen molar-refractivity contribution < 1.29 is 19.2 Å². The van der Waals surface area contributed by atoms with Crippen molar-refractivity contribution in [1.29, 1.82) is 0 Å². The summed E-state index contributed by atoms with van der Waals surface area (Å²) in [6.45, 7) is 8.10. The molecular formula is C26H30N10O4. The maximum Gasteiger partial charge on any atom is 0.229 e. The lowest BCUT2D eigenvalue weighted by molar-refractivity contribution is -0.140. The second-order valence-electron chi connectivity index (χ2n) is 10.8. The Balaban J connectivity index is 1.35. The fraction of sp³-hybridized carbons (Fsp3) is 0.500. The molecule has 40 heavy (non-hydrogen) atoms. The third kappa shape index (κ3) is 4.05. The van der Waals surface area contributed by atoms with Gasteiger partial charge in [0, 0.05) is 68.4 Å². The highest BCUT2D eigenvalue weighted by Crippen LogP contribution is 2.24. The molecule has 2 unspecified atom stereocenters. The van der Waals surface area contributed by atoms with Crippen LogP contribution in [-0.4, -0.2) is 85.7 Å². The number of fused-ring (bicyclic) bond motifs is 2. The van der Waals surface area contributed by atoms with Gasteiger partial charge in [0.1, 0.15) is 5.82 Å². The molecule has 0 spiro atoms. The lowest BCUT2D eigenvalue weighted by atomic mass is 10.1. The van der Waals surface area contributed by atoms with E-state index in [-0.39, 0.29) is 74.2 Å². The Morgan fingerprint density at radius 3 is 1.90 bits per heavy atom. The van der Waals surface area contributed by atoms with E-state index in [1.54, 1.807) is 4.63 Å². The summed E-state index contributed by atoms with van der Waals surface area (Å²) in [6, 6.07) is 0. The molecule has 4 amide bonds. The van der Waals surface area contributed by atoms with E-state index >= 15 is 0 Å². The van der Waals surface area contributed by atoms with Crippen LogP contribution in [0.15, 0.2) is 0 Å². The minimum atomic E-state index is -0.249. The van der Waals surface area contributed by atoms with E-state index in [1.807, 2.05) is 45.4 Å². The van der Waals surface area contributed by atoms with E-state index in [2.05, 4.69) is 20.4 Å². The molecule has 2 aliphatic rings. The Morgan fingerprint density at radius 2 is 1.30 bits per heavy atom. The van der Waals surface area contributed by atoms with Gasteiger partial charge in [-0.05, 0) is 19.9 Å². The first-order valence-corrected chi connectivity index (χ1v) is 13.4. The van der Waals surface area contributed by atoms with Crippen molar-refractivity contribution in [2.45, 2.75) is 65.2 Å². The molecule has 6 rings (SSSR count). The van der Waals surface area contributed by atoms with Crippen LogP contribution in [0.25, 0.3) is 17.4 Å². The number of amides is 4. The van der Waals surface area contributed by atoms with E-state index < -0.39 is 0 Å². The number of hydrogen-bond donors (Lipinski definition) is 0. The van der Waals surface area contributed by atoms with Crippen molar-refractivity contribution in [3.8, 4) is 0 Å². The summed E-state index contributed by atoms with van der Waals surface area (Å²) in [5.41, 5.74) is 3.67. The summed E-state index contributed by atoms with van der Waals surface area (Å²) in [5, 5.41) is 19.1. The quantitative estimate of drug-likeness (QED) is 0.295. The second-order valence-corrected chi connectivity index (χ2v) is 10.8. The molecular weight excluding hydrogens is 516 g/mol. The molecule has 0 aliphatic carbocycles. The molecule has 4 aromatic heterocycles. The van der Waals surface area contributed by atoms with Gasteiger partial charge in [0.2, 0.25) is 23.6 Å². The van der Waals surface area contributed by atoms with Gasteiger partial charge in [-0.1, -0.05) is 13.8 Å². The van der Waals surface area contributed by atoms with Gasteiger partial charge in [-0.15, -0.1) is 19.5 Å². The van der Waals surface area contributed by atoms with E-state index in [0.717, 1.165) is 27.8 Å². The van der Waals surface area contributed by atoms with Crippen LogP contribution in [0.3, 0.4) is 0 Å².